The van der Waals surface area contributed by atoms with Gasteiger partial charge in [0.1, 0.15) is 0 Å². The second-order valence-corrected chi connectivity index (χ2v) is 9.48. The van der Waals surface area contributed by atoms with Gasteiger partial charge in [-0.2, -0.15) is 0 Å². The van der Waals surface area contributed by atoms with Crippen molar-refractivity contribution in [3.63, 3.8) is 0 Å². The summed E-state index contributed by atoms with van der Waals surface area (Å²) in [7, 11) is 0. The standard InChI is InChI=1S/C19H11N2OS.C12H10N.Ir/c1-11-5-6-14-13-3-2-4-15(18(13)22-19(14)21-11)16-9-12-7-8-23-17(12)10-20-16;1-10-7-8-12(13-9-10)11-5-3-2-4-6-11;/h2-3,5-10H,1H3;2-5,7-9H,1H3;/q2*-1;. The maximum Gasteiger partial charge on any atom is 0.216 e. The van der Waals surface area contributed by atoms with Gasteiger partial charge in [0.05, 0.1) is 10.3 Å². The summed E-state index contributed by atoms with van der Waals surface area (Å²) in [5.41, 5.74) is 7.36. The largest absolute Gasteiger partial charge is 0.486 e. The molecule has 0 unspecified atom stereocenters. The molecule has 0 aliphatic carbocycles. The molecule has 0 fully saturated rings. The van der Waals surface area contributed by atoms with Crippen molar-refractivity contribution < 1.29 is 24.5 Å². The molecular formula is C31H21IrN3OS-2. The molecule has 5 aromatic heterocycles. The smallest absolute Gasteiger partial charge is 0.216 e. The van der Waals surface area contributed by atoms with Crippen molar-refractivity contribution in [2.45, 2.75) is 13.8 Å². The van der Waals surface area contributed by atoms with Gasteiger partial charge in [-0.05, 0) is 59.8 Å². The summed E-state index contributed by atoms with van der Waals surface area (Å²) in [5, 5.41) is 5.34. The van der Waals surface area contributed by atoms with Crippen molar-refractivity contribution in [3.05, 3.63) is 114 Å². The van der Waals surface area contributed by atoms with Crippen LogP contribution in [0.2, 0.25) is 0 Å². The summed E-state index contributed by atoms with van der Waals surface area (Å²) in [6.07, 6.45) is 3.78. The van der Waals surface area contributed by atoms with Crippen LogP contribution in [0.3, 0.4) is 0 Å². The van der Waals surface area contributed by atoms with Gasteiger partial charge in [-0.3, -0.25) is 0 Å². The van der Waals surface area contributed by atoms with E-state index in [2.05, 4.69) is 56.7 Å². The van der Waals surface area contributed by atoms with Crippen molar-refractivity contribution in [1.82, 2.24) is 15.0 Å². The summed E-state index contributed by atoms with van der Waals surface area (Å²) in [6.45, 7) is 4.00. The zero-order valence-electron chi connectivity index (χ0n) is 20.2. The number of pyridine rings is 3. The second kappa shape index (κ2) is 10.7. The molecule has 37 heavy (non-hydrogen) atoms. The summed E-state index contributed by atoms with van der Waals surface area (Å²) >= 11 is 1.69. The Hall–Kier alpha value is -3.70. The minimum Gasteiger partial charge on any atom is -0.486 e. The topological polar surface area (TPSA) is 51.8 Å². The van der Waals surface area contributed by atoms with Gasteiger partial charge in [0, 0.05) is 43.6 Å². The number of nitrogens with zero attached hydrogens (tertiary/aromatic N) is 3. The van der Waals surface area contributed by atoms with Gasteiger partial charge < -0.3 is 14.4 Å². The van der Waals surface area contributed by atoms with Crippen LogP contribution in [-0.2, 0) is 20.1 Å². The second-order valence-electron chi connectivity index (χ2n) is 8.53. The van der Waals surface area contributed by atoms with E-state index < -0.39 is 0 Å². The molecule has 0 aliphatic heterocycles. The van der Waals surface area contributed by atoms with E-state index >= 15 is 0 Å². The Labute approximate surface area is 232 Å². The molecule has 0 saturated carbocycles. The summed E-state index contributed by atoms with van der Waals surface area (Å²) < 4.78 is 7.22. The minimum atomic E-state index is 0. The number of thiophene rings is 1. The first kappa shape index (κ1) is 25.0. The predicted molar refractivity (Wildman–Crippen MR) is 147 cm³/mol. The third-order valence-corrected chi connectivity index (χ3v) is 6.80. The van der Waals surface area contributed by atoms with E-state index in [9.17, 15) is 0 Å². The Morgan fingerprint density at radius 3 is 2.51 bits per heavy atom. The van der Waals surface area contributed by atoms with E-state index in [4.69, 9.17) is 4.42 Å². The van der Waals surface area contributed by atoms with Crippen molar-refractivity contribution in [1.29, 1.82) is 0 Å². The minimum absolute atomic E-state index is 0. The van der Waals surface area contributed by atoms with Crippen LogP contribution in [0, 0.1) is 26.0 Å². The molecular weight excluding hydrogens is 655 g/mol. The van der Waals surface area contributed by atoms with Crippen molar-refractivity contribution in [2.24, 2.45) is 0 Å². The average molecular weight is 676 g/mol. The monoisotopic (exact) mass is 676 g/mol. The molecule has 0 saturated heterocycles. The molecule has 183 valence electrons. The number of hydrogen-bond acceptors (Lipinski definition) is 5. The third kappa shape index (κ3) is 5.09. The zero-order valence-corrected chi connectivity index (χ0v) is 23.4. The van der Waals surface area contributed by atoms with Gasteiger partial charge in [0.25, 0.3) is 0 Å². The maximum atomic E-state index is 6.03. The molecule has 1 radical (unpaired) electrons. The van der Waals surface area contributed by atoms with Crippen LogP contribution >= 0.6 is 11.3 Å². The van der Waals surface area contributed by atoms with E-state index in [1.807, 2.05) is 74.8 Å². The van der Waals surface area contributed by atoms with Crippen LogP contribution in [0.5, 0.6) is 0 Å². The molecule has 0 spiro atoms. The van der Waals surface area contributed by atoms with Crippen molar-refractivity contribution in [2.75, 3.05) is 0 Å². The third-order valence-electron chi connectivity index (χ3n) is 5.93. The van der Waals surface area contributed by atoms with E-state index in [1.165, 1.54) is 15.6 Å². The normalized spacial score (nSPS) is 10.8. The quantitative estimate of drug-likeness (QED) is 0.173. The van der Waals surface area contributed by atoms with Gasteiger partial charge in [-0.15, -0.1) is 65.4 Å². The number of hydrogen-bond donors (Lipinski definition) is 0. The van der Waals surface area contributed by atoms with Gasteiger partial charge >= 0.3 is 0 Å². The molecule has 0 aliphatic rings. The number of fused-ring (bicyclic) bond motifs is 4. The molecule has 4 nitrogen and oxygen atoms in total. The molecule has 7 rings (SSSR count). The fourth-order valence-corrected chi connectivity index (χ4v) is 4.83. The van der Waals surface area contributed by atoms with Crippen LogP contribution in [-0.4, -0.2) is 15.0 Å². The van der Waals surface area contributed by atoms with Crippen molar-refractivity contribution in [3.8, 4) is 22.5 Å². The van der Waals surface area contributed by atoms with Crippen molar-refractivity contribution >= 4 is 43.5 Å². The number of aromatic nitrogens is 3. The number of benzene rings is 2. The predicted octanol–water partition coefficient (Wildman–Crippen LogP) is 8.22. The molecule has 0 amide bonds. The van der Waals surface area contributed by atoms with Gasteiger partial charge in [0.2, 0.25) is 5.71 Å². The SMILES string of the molecule is Cc1ccc(-c2[c-]cccc2)nc1.Cc1ccc2c(n1)oc1c(-c3cc4ccsc4cn3)[c-]ccc12.[Ir]. The Kier molecular flexibility index (Phi) is 7.24. The molecule has 0 atom stereocenters. The molecule has 7 aromatic rings. The first-order valence-electron chi connectivity index (χ1n) is 11.6. The Balaban J connectivity index is 0.000000172. The van der Waals surface area contributed by atoms with E-state index in [0.717, 1.165) is 44.6 Å². The van der Waals surface area contributed by atoms with Crippen LogP contribution in [0.25, 0.3) is 54.7 Å². The van der Waals surface area contributed by atoms with Gasteiger partial charge in [-0.1, -0.05) is 29.1 Å². The summed E-state index contributed by atoms with van der Waals surface area (Å²) in [4.78, 5) is 13.4. The summed E-state index contributed by atoms with van der Waals surface area (Å²) in [6, 6.07) is 30.6. The summed E-state index contributed by atoms with van der Waals surface area (Å²) in [5.74, 6) is 0. The van der Waals surface area contributed by atoms with E-state index in [1.54, 1.807) is 11.3 Å². The van der Waals surface area contributed by atoms with Crippen LogP contribution < -0.4 is 0 Å². The fourth-order valence-electron chi connectivity index (χ4n) is 4.09. The fraction of sp³-hybridized carbons (Fsp3) is 0.0645. The first-order valence-corrected chi connectivity index (χ1v) is 12.5. The maximum absolute atomic E-state index is 6.03. The number of aryl methyl sites for hydroxylation is 2. The molecule has 6 heteroatoms. The Morgan fingerprint density at radius 2 is 1.70 bits per heavy atom. The molecule has 0 bridgehead atoms. The van der Waals surface area contributed by atoms with Gasteiger partial charge in [-0.25, -0.2) is 4.98 Å². The zero-order chi connectivity index (χ0) is 24.5. The molecule has 5 heterocycles. The molecule has 2 aromatic carbocycles. The van der Waals surface area contributed by atoms with E-state index in [0.29, 0.717) is 5.71 Å². The van der Waals surface area contributed by atoms with Gasteiger partial charge in [0.15, 0.2) is 0 Å². The molecule has 0 N–H and O–H groups in total. The van der Waals surface area contributed by atoms with Crippen LogP contribution in [0.15, 0.2) is 95.0 Å². The Bertz CT molecular complexity index is 1810. The van der Waals surface area contributed by atoms with Crippen LogP contribution in [0.1, 0.15) is 11.3 Å². The Morgan fingerprint density at radius 1 is 0.811 bits per heavy atom. The number of rotatable bonds is 2. The van der Waals surface area contributed by atoms with E-state index in [-0.39, 0.29) is 20.1 Å². The first-order chi connectivity index (χ1) is 17.7. The van der Waals surface area contributed by atoms with Crippen LogP contribution in [0.4, 0.5) is 0 Å². The average Bonchev–Trinajstić information content (AvgIpc) is 3.53. The number of furan rings is 1.